The second kappa shape index (κ2) is 9.22. The van der Waals surface area contributed by atoms with E-state index in [-0.39, 0.29) is 28.3 Å². The van der Waals surface area contributed by atoms with Crippen LogP contribution >= 0.6 is 11.8 Å². The number of nitrogens with zero attached hydrogens (tertiary/aromatic N) is 3. The first kappa shape index (κ1) is 20.9. The Morgan fingerprint density at radius 3 is 2.63 bits per heavy atom. The van der Waals surface area contributed by atoms with E-state index in [1.165, 1.54) is 18.4 Å². The van der Waals surface area contributed by atoms with Gasteiger partial charge in [0.1, 0.15) is 11.2 Å². The summed E-state index contributed by atoms with van der Waals surface area (Å²) in [4.78, 5) is 31.2. The molecule has 0 N–H and O–H groups in total. The molecule has 2 aromatic rings. The van der Waals surface area contributed by atoms with Crippen molar-refractivity contribution in [3.63, 3.8) is 0 Å². The summed E-state index contributed by atoms with van der Waals surface area (Å²) < 4.78 is 19.0. The van der Waals surface area contributed by atoms with Crippen LogP contribution in [-0.4, -0.2) is 71.0 Å². The highest BCUT2D eigenvalue weighted by molar-refractivity contribution is 8.01. The first-order valence-electron chi connectivity index (χ1n) is 10.3. The van der Waals surface area contributed by atoms with Gasteiger partial charge in [0.2, 0.25) is 5.91 Å². The monoisotopic (exact) mass is 431 g/mol. The SMILES string of the molecule is CC[C@@H]1S[C@H](c2cccc(F)c2)N(CCN2CCN(C(=O)c3ccco3)CC2)C1=O. The summed E-state index contributed by atoms with van der Waals surface area (Å²) in [5, 5.41) is -0.235. The number of rotatable bonds is 6. The third kappa shape index (κ3) is 4.39. The van der Waals surface area contributed by atoms with Gasteiger partial charge in [0.25, 0.3) is 5.91 Å². The number of piperazine rings is 1. The lowest BCUT2D eigenvalue weighted by molar-refractivity contribution is -0.130. The molecule has 3 heterocycles. The van der Waals surface area contributed by atoms with Crippen LogP contribution < -0.4 is 0 Å². The van der Waals surface area contributed by atoms with Gasteiger partial charge in [-0.25, -0.2) is 4.39 Å². The number of benzene rings is 1. The Labute approximate surface area is 180 Å². The Kier molecular flexibility index (Phi) is 6.43. The van der Waals surface area contributed by atoms with Crippen molar-refractivity contribution in [1.82, 2.24) is 14.7 Å². The number of furan rings is 1. The number of thioether (sulfide) groups is 1. The Bertz CT molecular complexity index is 884. The molecule has 1 aromatic heterocycles. The highest BCUT2D eigenvalue weighted by atomic mass is 32.2. The van der Waals surface area contributed by atoms with Crippen molar-refractivity contribution in [2.24, 2.45) is 0 Å². The molecule has 2 fully saturated rings. The summed E-state index contributed by atoms with van der Waals surface area (Å²) in [6.45, 7) is 6.11. The van der Waals surface area contributed by atoms with Crippen LogP contribution in [0.4, 0.5) is 4.39 Å². The molecule has 2 aliphatic heterocycles. The van der Waals surface area contributed by atoms with E-state index < -0.39 is 0 Å². The molecule has 2 aliphatic rings. The molecular formula is C22H26FN3O3S. The van der Waals surface area contributed by atoms with Crippen molar-refractivity contribution in [1.29, 1.82) is 0 Å². The van der Waals surface area contributed by atoms with Gasteiger partial charge in [-0.2, -0.15) is 0 Å². The first-order valence-corrected chi connectivity index (χ1v) is 11.3. The van der Waals surface area contributed by atoms with Crippen LogP contribution in [0.1, 0.15) is 34.8 Å². The van der Waals surface area contributed by atoms with Crippen molar-refractivity contribution in [2.45, 2.75) is 24.0 Å². The van der Waals surface area contributed by atoms with Gasteiger partial charge in [-0.1, -0.05) is 19.1 Å². The lowest BCUT2D eigenvalue weighted by Crippen LogP contribution is -2.50. The second-order valence-corrected chi connectivity index (χ2v) is 8.87. The lowest BCUT2D eigenvalue weighted by Gasteiger charge is -2.35. The summed E-state index contributed by atoms with van der Waals surface area (Å²) in [5.74, 6) is 0.135. The molecule has 0 saturated carbocycles. The maximum absolute atomic E-state index is 13.7. The molecule has 2 amide bonds. The lowest BCUT2D eigenvalue weighted by atomic mass is 10.2. The normalized spacial score (nSPS) is 22.7. The third-order valence-corrected chi connectivity index (χ3v) is 7.34. The number of hydrogen-bond donors (Lipinski definition) is 0. The van der Waals surface area contributed by atoms with Crippen molar-refractivity contribution >= 4 is 23.6 Å². The van der Waals surface area contributed by atoms with E-state index >= 15 is 0 Å². The molecule has 0 aliphatic carbocycles. The van der Waals surface area contributed by atoms with Crippen LogP contribution in [0.25, 0.3) is 0 Å². The van der Waals surface area contributed by atoms with Gasteiger partial charge in [-0.15, -0.1) is 11.8 Å². The summed E-state index contributed by atoms with van der Waals surface area (Å²) in [5.41, 5.74) is 0.832. The zero-order valence-corrected chi connectivity index (χ0v) is 17.8. The molecule has 1 aromatic carbocycles. The summed E-state index contributed by atoms with van der Waals surface area (Å²) in [7, 11) is 0. The fourth-order valence-electron chi connectivity index (χ4n) is 3.98. The smallest absolute Gasteiger partial charge is 0.289 e. The number of hydrogen-bond acceptors (Lipinski definition) is 5. The van der Waals surface area contributed by atoms with Crippen LogP contribution in [0, 0.1) is 5.82 Å². The maximum atomic E-state index is 13.7. The molecule has 2 atom stereocenters. The maximum Gasteiger partial charge on any atom is 0.289 e. The molecule has 6 nitrogen and oxygen atoms in total. The summed E-state index contributed by atoms with van der Waals surface area (Å²) >= 11 is 1.61. The fourth-order valence-corrected chi connectivity index (χ4v) is 5.40. The quantitative estimate of drug-likeness (QED) is 0.703. The van der Waals surface area contributed by atoms with Crippen LogP contribution in [0.5, 0.6) is 0 Å². The van der Waals surface area contributed by atoms with Crippen LogP contribution in [0.3, 0.4) is 0 Å². The third-order valence-electron chi connectivity index (χ3n) is 5.69. The highest BCUT2D eigenvalue weighted by Gasteiger charge is 2.40. The van der Waals surface area contributed by atoms with Gasteiger partial charge >= 0.3 is 0 Å². The van der Waals surface area contributed by atoms with E-state index in [0.717, 1.165) is 31.6 Å². The van der Waals surface area contributed by atoms with E-state index in [2.05, 4.69) is 4.90 Å². The average molecular weight is 432 g/mol. The Hall–Kier alpha value is -2.32. The van der Waals surface area contributed by atoms with Gasteiger partial charge in [-0.3, -0.25) is 14.5 Å². The molecule has 30 heavy (non-hydrogen) atoms. The topological polar surface area (TPSA) is 57.0 Å². The van der Waals surface area contributed by atoms with E-state index in [4.69, 9.17) is 4.42 Å². The highest BCUT2D eigenvalue weighted by Crippen LogP contribution is 2.44. The Balaban J connectivity index is 1.35. The van der Waals surface area contributed by atoms with Crippen molar-refractivity contribution in [2.75, 3.05) is 39.3 Å². The number of halogens is 1. The van der Waals surface area contributed by atoms with Gasteiger partial charge in [0.15, 0.2) is 5.76 Å². The average Bonchev–Trinajstić information content (AvgIpc) is 3.40. The molecule has 4 rings (SSSR count). The fraction of sp³-hybridized carbons (Fsp3) is 0.455. The molecule has 0 bridgehead atoms. The number of carbonyl (C=O) groups excluding carboxylic acids is 2. The van der Waals surface area contributed by atoms with Gasteiger partial charge in [0, 0.05) is 39.3 Å². The van der Waals surface area contributed by atoms with E-state index in [9.17, 15) is 14.0 Å². The molecule has 0 radical (unpaired) electrons. The predicted molar refractivity (Wildman–Crippen MR) is 114 cm³/mol. The van der Waals surface area contributed by atoms with Gasteiger partial charge in [0.05, 0.1) is 11.5 Å². The van der Waals surface area contributed by atoms with Crippen molar-refractivity contribution in [3.05, 3.63) is 59.8 Å². The van der Waals surface area contributed by atoms with Crippen molar-refractivity contribution in [3.8, 4) is 0 Å². The first-order chi connectivity index (χ1) is 14.6. The van der Waals surface area contributed by atoms with Gasteiger partial charge in [-0.05, 0) is 36.2 Å². The zero-order valence-electron chi connectivity index (χ0n) is 17.0. The molecule has 0 unspecified atom stereocenters. The summed E-state index contributed by atoms with van der Waals surface area (Å²) in [6.07, 6.45) is 2.27. The minimum atomic E-state index is -0.280. The summed E-state index contributed by atoms with van der Waals surface area (Å²) in [6, 6.07) is 9.93. The zero-order chi connectivity index (χ0) is 21.1. The number of carbonyl (C=O) groups is 2. The standard InChI is InChI=1S/C22H26FN3O3S/c1-2-19-21(28)26(22(30-19)16-5-3-6-17(23)15-16)13-10-24-8-11-25(12-9-24)20(27)18-7-4-14-29-18/h3-7,14-15,19,22H,2,8-13H2,1H3/t19-,22+/m0/s1. The predicted octanol–water partition coefficient (Wildman–Crippen LogP) is 3.23. The van der Waals surface area contributed by atoms with Crippen LogP contribution in [-0.2, 0) is 4.79 Å². The minimum absolute atomic E-state index is 0.0808. The van der Waals surface area contributed by atoms with Crippen LogP contribution in [0.2, 0.25) is 0 Å². The molecule has 0 spiro atoms. The van der Waals surface area contributed by atoms with Gasteiger partial charge < -0.3 is 14.2 Å². The number of amides is 2. The minimum Gasteiger partial charge on any atom is -0.459 e. The van der Waals surface area contributed by atoms with Crippen LogP contribution in [0.15, 0.2) is 47.1 Å². The van der Waals surface area contributed by atoms with E-state index in [1.54, 1.807) is 34.9 Å². The molecule has 8 heteroatoms. The molecule has 160 valence electrons. The van der Waals surface area contributed by atoms with E-state index in [1.807, 2.05) is 17.9 Å². The largest absolute Gasteiger partial charge is 0.459 e. The molecule has 2 saturated heterocycles. The van der Waals surface area contributed by atoms with Crippen molar-refractivity contribution < 1.29 is 18.4 Å². The van der Waals surface area contributed by atoms with E-state index in [0.29, 0.717) is 25.4 Å². The second-order valence-electron chi connectivity index (χ2n) is 7.58. The molecular weight excluding hydrogens is 405 g/mol. The Morgan fingerprint density at radius 2 is 1.97 bits per heavy atom. The Morgan fingerprint density at radius 1 is 1.17 bits per heavy atom.